The second kappa shape index (κ2) is 6.90. The average molecular weight is 419 g/mol. The third kappa shape index (κ3) is 4.55. The van der Waals surface area contributed by atoms with Crippen LogP contribution in [0, 0.1) is 0 Å². The Kier molecular flexibility index (Phi) is 5.37. The molecule has 0 aromatic heterocycles. The molecule has 0 aliphatic heterocycles. The van der Waals surface area contributed by atoms with Crippen LogP contribution in [0.25, 0.3) is 12.2 Å². The molecule has 0 unspecified atom stereocenters. The molecule has 0 saturated heterocycles. The standard InChI is InChI=1S/C14H13NO8S3/c15-24(16,17)13-11(7-6-10-4-2-1-3-5-10)8-9-12(25(18,19)20)14(13)26(21,22)23/h1-9H,(H2,15,16,17)(H,18,19,20)(H,21,22,23)/b7-6+. The SMILES string of the molecule is NS(=O)(=O)c1c(/C=C/c2ccccc2)ccc(S(=O)(=O)O)c1S(=O)(=O)O. The number of benzene rings is 2. The Morgan fingerprint density at radius 1 is 0.731 bits per heavy atom. The molecule has 2 rings (SSSR count). The quantitative estimate of drug-likeness (QED) is 0.476. The Morgan fingerprint density at radius 3 is 1.77 bits per heavy atom. The van der Waals surface area contributed by atoms with E-state index in [4.69, 9.17) is 9.69 Å². The minimum Gasteiger partial charge on any atom is -0.282 e. The van der Waals surface area contributed by atoms with E-state index < -0.39 is 44.9 Å². The summed E-state index contributed by atoms with van der Waals surface area (Å²) in [5.74, 6) is 0. The molecule has 140 valence electrons. The minimum absolute atomic E-state index is 0.295. The van der Waals surface area contributed by atoms with Gasteiger partial charge in [-0.25, -0.2) is 13.6 Å². The van der Waals surface area contributed by atoms with Gasteiger partial charge in [0.15, 0.2) is 0 Å². The second-order valence-electron chi connectivity index (χ2n) is 5.05. The molecule has 0 heterocycles. The first-order valence-electron chi connectivity index (χ1n) is 6.70. The molecule has 2 aromatic rings. The highest BCUT2D eigenvalue weighted by Gasteiger charge is 2.33. The molecule has 0 amide bonds. The van der Waals surface area contributed by atoms with E-state index in [1.807, 2.05) is 0 Å². The fourth-order valence-electron chi connectivity index (χ4n) is 2.18. The van der Waals surface area contributed by atoms with Gasteiger partial charge in [0, 0.05) is 0 Å². The van der Waals surface area contributed by atoms with E-state index in [9.17, 15) is 29.8 Å². The molecule has 0 spiro atoms. The van der Waals surface area contributed by atoms with Crippen molar-refractivity contribution in [3.05, 3.63) is 53.6 Å². The monoisotopic (exact) mass is 419 g/mol. The van der Waals surface area contributed by atoms with E-state index >= 15 is 0 Å². The summed E-state index contributed by atoms with van der Waals surface area (Å²) >= 11 is 0. The molecular formula is C14H13NO8S3. The molecule has 0 radical (unpaired) electrons. The third-order valence-corrected chi connectivity index (χ3v) is 6.29. The maximum atomic E-state index is 11.9. The van der Waals surface area contributed by atoms with Crippen molar-refractivity contribution in [2.75, 3.05) is 0 Å². The maximum Gasteiger partial charge on any atom is 0.297 e. The molecule has 4 N–H and O–H groups in total. The van der Waals surface area contributed by atoms with E-state index in [1.54, 1.807) is 30.3 Å². The Balaban J connectivity index is 2.90. The van der Waals surface area contributed by atoms with Gasteiger partial charge in [0.2, 0.25) is 10.0 Å². The van der Waals surface area contributed by atoms with Crippen LogP contribution in [-0.4, -0.2) is 34.4 Å². The highest BCUT2D eigenvalue weighted by Crippen LogP contribution is 2.31. The van der Waals surface area contributed by atoms with Gasteiger partial charge in [0.1, 0.15) is 14.7 Å². The highest BCUT2D eigenvalue weighted by atomic mass is 32.2. The lowest BCUT2D eigenvalue weighted by Gasteiger charge is -2.12. The molecule has 26 heavy (non-hydrogen) atoms. The van der Waals surface area contributed by atoms with Crippen molar-refractivity contribution in [2.45, 2.75) is 14.7 Å². The van der Waals surface area contributed by atoms with Crippen LogP contribution >= 0.6 is 0 Å². The van der Waals surface area contributed by atoms with Crippen molar-refractivity contribution >= 4 is 42.4 Å². The molecule has 0 aliphatic rings. The summed E-state index contributed by atoms with van der Waals surface area (Å²) in [6, 6.07) is 10.1. The van der Waals surface area contributed by atoms with Crippen molar-refractivity contribution < 1.29 is 34.4 Å². The van der Waals surface area contributed by atoms with E-state index in [2.05, 4.69) is 0 Å². The summed E-state index contributed by atoms with van der Waals surface area (Å²) in [5.41, 5.74) is 0.330. The molecule has 2 aromatic carbocycles. The van der Waals surface area contributed by atoms with Crippen LogP contribution in [0.2, 0.25) is 0 Å². The molecule has 0 atom stereocenters. The van der Waals surface area contributed by atoms with Crippen molar-refractivity contribution in [2.24, 2.45) is 5.14 Å². The van der Waals surface area contributed by atoms with Gasteiger partial charge in [-0.15, -0.1) is 0 Å². The topological polar surface area (TPSA) is 169 Å². The summed E-state index contributed by atoms with van der Waals surface area (Å²) in [6.07, 6.45) is 2.60. The lowest BCUT2D eigenvalue weighted by atomic mass is 10.1. The Bertz CT molecular complexity index is 1180. The Hall–Kier alpha value is -2.09. The molecule has 0 saturated carbocycles. The fourth-order valence-corrected chi connectivity index (χ4v) is 5.63. The smallest absolute Gasteiger partial charge is 0.282 e. The van der Waals surface area contributed by atoms with Crippen molar-refractivity contribution in [1.82, 2.24) is 0 Å². The summed E-state index contributed by atoms with van der Waals surface area (Å²) in [5, 5.41) is 5.02. The van der Waals surface area contributed by atoms with Crippen LogP contribution in [0.4, 0.5) is 0 Å². The molecule has 0 bridgehead atoms. The van der Waals surface area contributed by atoms with Crippen molar-refractivity contribution in [3.8, 4) is 0 Å². The summed E-state index contributed by atoms with van der Waals surface area (Å²) in [7, 11) is -15.3. The molecular weight excluding hydrogens is 406 g/mol. The van der Waals surface area contributed by atoms with Gasteiger partial charge < -0.3 is 0 Å². The minimum atomic E-state index is -5.37. The summed E-state index contributed by atoms with van der Waals surface area (Å²) < 4.78 is 88.4. The van der Waals surface area contributed by atoms with Crippen LogP contribution in [0.15, 0.2) is 57.2 Å². The predicted octanol–water partition coefficient (Wildman–Crippen LogP) is 0.998. The van der Waals surface area contributed by atoms with Crippen molar-refractivity contribution in [1.29, 1.82) is 0 Å². The van der Waals surface area contributed by atoms with Gasteiger partial charge >= 0.3 is 0 Å². The number of rotatable bonds is 5. The van der Waals surface area contributed by atoms with E-state index in [0.29, 0.717) is 11.6 Å². The van der Waals surface area contributed by atoms with Crippen LogP contribution in [-0.2, 0) is 30.3 Å². The van der Waals surface area contributed by atoms with Gasteiger partial charge in [-0.3, -0.25) is 9.11 Å². The number of primary sulfonamides is 1. The third-order valence-electron chi connectivity index (χ3n) is 3.18. The van der Waals surface area contributed by atoms with Crippen LogP contribution in [0.5, 0.6) is 0 Å². The predicted molar refractivity (Wildman–Crippen MR) is 92.8 cm³/mol. The van der Waals surface area contributed by atoms with E-state index in [1.165, 1.54) is 12.2 Å². The van der Waals surface area contributed by atoms with Crippen LogP contribution in [0.3, 0.4) is 0 Å². The highest BCUT2D eigenvalue weighted by molar-refractivity contribution is 7.92. The number of sulfonamides is 1. The first-order valence-corrected chi connectivity index (χ1v) is 11.1. The summed E-state index contributed by atoms with van der Waals surface area (Å²) in [6.45, 7) is 0. The zero-order chi connectivity index (χ0) is 19.8. The van der Waals surface area contributed by atoms with Gasteiger partial charge in [0.05, 0.1) is 0 Å². The van der Waals surface area contributed by atoms with Crippen LogP contribution < -0.4 is 5.14 Å². The van der Waals surface area contributed by atoms with Crippen molar-refractivity contribution in [3.63, 3.8) is 0 Å². The van der Waals surface area contributed by atoms with E-state index in [0.717, 1.165) is 6.07 Å². The normalized spacial score (nSPS) is 13.2. The van der Waals surface area contributed by atoms with Gasteiger partial charge in [0.25, 0.3) is 20.2 Å². The zero-order valence-corrected chi connectivity index (χ0v) is 15.3. The maximum absolute atomic E-state index is 11.9. The lowest BCUT2D eigenvalue weighted by molar-refractivity contribution is 0.463. The molecule has 0 aliphatic carbocycles. The van der Waals surface area contributed by atoms with Crippen LogP contribution in [0.1, 0.15) is 11.1 Å². The lowest BCUT2D eigenvalue weighted by Crippen LogP contribution is -2.20. The molecule has 0 fully saturated rings. The molecule has 12 heteroatoms. The summed E-state index contributed by atoms with van der Waals surface area (Å²) in [4.78, 5) is -3.97. The largest absolute Gasteiger partial charge is 0.297 e. The first-order chi connectivity index (χ1) is 11.8. The molecule has 9 nitrogen and oxygen atoms in total. The van der Waals surface area contributed by atoms with Gasteiger partial charge in [-0.1, -0.05) is 48.6 Å². The van der Waals surface area contributed by atoms with Gasteiger partial charge in [-0.05, 0) is 17.2 Å². The Labute approximate surface area is 150 Å². The zero-order valence-electron chi connectivity index (χ0n) is 12.8. The number of hydrogen-bond acceptors (Lipinski definition) is 6. The second-order valence-corrected chi connectivity index (χ2v) is 9.30. The van der Waals surface area contributed by atoms with E-state index in [-0.39, 0.29) is 5.56 Å². The first kappa shape index (κ1) is 20.2. The fraction of sp³-hybridized carbons (Fsp3) is 0. The number of nitrogens with two attached hydrogens (primary N) is 1. The van der Waals surface area contributed by atoms with Gasteiger partial charge in [-0.2, -0.15) is 16.8 Å². The number of hydrogen-bond donors (Lipinski definition) is 3. The average Bonchev–Trinajstić information content (AvgIpc) is 2.50. The Morgan fingerprint density at radius 2 is 1.31 bits per heavy atom.